The number of anilines is 5. The zero-order chi connectivity index (χ0) is 41.1. The van der Waals surface area contributed by atoms with E-state index in [9.17, 15) is 0 Å². The van der Waals surface area contributed by atoms with Gasteiger partial charge in [0.05, 0.1) is 0 Å². The molecule has 0 aromatic heterocycles. The Kier molecular flexibility index (Phi) is 9.09. The highest BCUT2D eigenvalue weighted by molar-refractivity contribution is 5.92. The van der Waals surface area contributed by atoms with Crippen LogP contribution in [-0.2, 0) is 32.5 Å². The Labute approximate surface area is 345 Å². The zero-order valence-electron chi connectivity index (χ0n) is 37.7. The van der Waals surface area contributed by atoms with Gasteiger partial charge < -0.3 is 9.80 Å². The first-order valence-electron chi connectivity index (χ1n) is 21.8. The van der Waals surface area contributed by atoms with Crippen LogP contribution in [0.15, 0.2) is 97.1 Å². The lowest BCUT2D eigenvalue weighted by Gasteiger charge is -2.43. The summed E-state index contributed by atoms with van der Waals surface area (Å²) in [4.78, 5) is 5.17. The number of hydrogen-bond donors (Lipinski definition) is 0. The van der Waals surface area contributed by atoms with E-state index in [2.05, 4.69) is 204 Å². The molecule has 0 heterocycles. The second kappa shape index (κ2) is 13.1. The van der Waals surface area contributed by atoms with Crippen molar-refractivity contribution in [1.29, 1.82) is 0 Å². The Bertz CT molecular complexity index is 2300. The van der Waals surface area contributed by atoms with E-state index in [0.717, 1.165) is 6.54 Å². The molecule has 0 bridgehead atoms. The molecule has 0 saturated carbocycles. The minimum Gasteiger partial charge on any atom is -0.341 e. The van der Waals surface area contributed by atoms with Crippen molar-refractivity contribution < 1.29 is 0 Å². The van der Waals surface area contributed by atoms with E-state index in [1.165, 1.54) is 104 Å². The molecule has 0 saturated heterocycles. The molecule has 57 heavy (non-hydrogen) atoms. The van der Waals surface area contributed by atoms with Crippen molar-refractivity contribution >= 4 is 28.4 Å². The van der Waals surface area contributed by atoms with Crippen molar-refractivity contribution in [2.45, 2.75) is 155 Å². The number of fused-ring (bicyclic) bond motifs is 5. The average molecular weight is 757 g/mol. The van der Waals surface area contributed by atoms with Crippen molar-refractivity contribution in [2.75, 3.05) is 16.3 Å². The van der Waals surface area contributed by atoms with E-state index in [4.69, 9.17) is 0 Å². The van der Waals surface area contributed by atoms with Gasteiger partial charge in [0.1, 0.15) is 0 Å². The fourth-order valence-corrected chi connectivity index (χ4v) is 10.6. The van der Waals surface area contributed by atoms with Gasteiger partial charge >= 0.3 is 0 Å². The maximum absolute atomic E-state index is 2.59. The monoisotopic (exact) mass is 757 g/mol. The Morgan fingerprint density at radius 2 is 0.965 bits per heavy atom. The third-order valence-electron chi connectivity index (χ3n) is 14.7. The van der Waals surface area contributed by atoms with E-state index >= 15 is 0 Å². The molecule has 0 atom stereocenters. The molecule has 5 aromatic rings. The summed E-state index contributed by atoms with van der Waals surface area (Å²) in [5.41, 5.74) is 19.5. The Morgan fingerprint density at radius 3 is 1.49 bits per heavy atom. The van der Waals surface area contributed by atoms with E-state index in [1.807, 2.05) is 0 Å². The van der Waals surface area contributed by atoms with Gasteiger partial charge in [0, 0.05) is 46.0 Å². The summed E-state index contributed by atoms with van der Waals surface area (Å²) in [6.45, 7) is 34.6. The highest BCUT2D eigenvalue weighted by Crippen LogP contribution is 2.55. The Balaban J connectivity index is 1.39. The summed E-state index contributed by atoms with van der Waals surface area (Å²) in [6.07, 6.45) is 4.80. The zero-order valence-corrected chi connectivity index (χ0v) is 37.7. The molecule has 0 unspecified atom stereocenters. The van der Waals surface area contributed by atoms with Crippen LogP contribution in [-0.4, -0.2) is 6.54 Å². The van der Waals surface area contributed by atoms with Crippen molar-refractivity contribution in [3.63, 3.8) is 0 Å². The molecule has 3 aliphatic carbocycles. The van der Waals surface area contributed by atoms with Crippen LogP contribution in [0.2, 0.25) is 0 Å². The standard InChI is InChI=1S/C55H68N2/c1-15-56(48-22-18-21-45-49(48)41-19-16-17-20-42(41)55(45,13)14)39-31-36(50(2,3)4)32-40(33-39)57(37-23-25-43-46(34-37)53(9,10)29-27-51(43,5)6)38-24-26-44-47(35-38)54(11,12)30-28-52(44,7)8/h16-26,31-35H,15,27-30H2,1-14H3. The number of rotatable bonds is 6. The predicted molar refractivity (Wildman–Crippen MR) is 247 cm³/mol. The molecule has 0 N–H and O–H groups in total. The van der Waals surface area contributed by atoms with Gasteiger partial charge in [0.15, 0.2) is 0 Å². The van der Waals surface area contributed by atoms with Gasteiger partial charge in [0.2, 0.25) is 0 Å². The van der Waals surface area contributed by atoms with Crippen LogP contribution >= 0.6 is 0 Å². The quantitative estimate of drug-likeness (QED) is 0.170. The third-order valence-corrected chi connectivity index (χ3v) is 14.7. The smallest absolute Gasteiger partial charge is 0.0493 e. The molecule has 3 aliphatic rings. The summed E-state index contributed by atoms with van der Waals surface area (Å²) in [6, 6.07) is 38.3. The van der Waals surface area contributed by atoms with Gasteiger partial charge in [-0.3, -0.25) is 0 Å². The minimum atomic E-state index is -0.0627. The molecule has 298 valence electrons. The lowest BCUT2D eigenvalue weighted by Crippen LogP contribution is -2.34. The Hall–Kier alpha value is -4.30. The van der Waals surface area contributed by atoms with Crippen molar-refractivity contribution in [3.05, 3.63) is 136 Å². The lowest BCUT2D eigenvalue weighted by atomic mass is 9.63. The second-order valence-electron chi connectivity index (χ2n) is 21.9. The van der Waals surface area contributed by atoms with Crippen molar-refractivity contribution in [1.82, 2.24) is 0 Å². The van der Waals surface area contributed by atoms with Gasteiger partial charge in [-0.15, -0.1) is 0 Å². The molecule has 0 radical (unpaired) electrons. The van der Waals surface area contributed by atoms with Crippen LogP contribution in [0.25, 0.3) is 11.1 Å². The first-order valence-corrected chi connectivity index (χ1v) is 21.8. The molecule has 0 aliphatic heterocycles. The van der Waals surface area contributed by atoms with Gasteiger partial charge in [-0.05, 0) is 153 Å². The third kappa shape index (κ3) is 6.45. The van der Waals surface area contributed by atoms with Crippen LogP contribution < -0.4 is 9.80 Å². The highest BCUT2D eigenvalue weighted by atomic mass is 15.2. The number of benzene rings is 5. The lowest BCUT2D eigenvalue weighted by molar-refractivity contribution is 0.332. The highest BCUT2D eigenvalue weighted by Gasteiger charge is 2.40. The first-order chi connectivity index (χ1) is 26.6. The topological polar surface area (TPSA) is 6.48 Å². The molecular formula is C55H68N2. The van der Waals surface area contributed by atoms with Crippen molar-refractivity contribution in [3.8, 4) is 11.1 Å². The summed E-state index contributed by atoms with van der Waals surface area (Å²) >= 11 is 0. The average Bonchev–Trinajstić information content (AvgIpc) is 3.39. The number of nitrogens with zero attached hydrogens (tertiary/aromatic N) is 2. The fraction of sp³-hybridized carbons (Fsp3) is 0.455. The maximum Gasteiger partial charge on any atom is 0.0493 e. The van der Waals surface area contributed by atoms with E-state index < -0.39 is 0 Å². The molecule has 5 aromatic carbocycles. The van der Waals surface area contributed by atoms with Gasteiger partial charge in [-0.2, -0.15) is 0 Å². The van der Waals surface area contributed by atoms with E-state index in [0.29, 0.717) is 0 Å². The molecule has 0 spiro atoms. The van der Waals surface area contributed by atoms with E-state index in [1.54, 1.807) is 0 Å². The van der Waals surface area contributed by atoms with Crippen molar-refractivity contribution in [2.24, 2.45) is 0 Å². The number of hydrogen-bond acceptors (Lipinski definition) is 2. The molecular weight excluding hydrogens is 689 g/mol. The fourth-order valence-electron chi connectivity index (χ4n) is 10.6. The largest absolute Gasteiger partial charge is 0.341 e. The minimum absolute atomic E-state index is 0.0554. The van der Waals surface area contributed by atoms with Crippen LogP contribution in [0.1, 0.15) is 162 Å². The summed E-state index contributed by atoms with van der Waals surface area (Å²) in [5, 5.41) is 0. The molecule has 0 amide bonds. The first kappa shape index (κ1) is 39.5. The normalized spacial score (nSPS) is 19.2. The van der Waals surface area contributed by atoms with Crippen LogP contribution in [0.4, 0.5) is 28.4 Å². The maximum atomic E-state index is 2.59. The Morgan fingerprint density at radius 1 is 0.474 bits per heavy atom. The molecule has 2 heteroatoms. The second-order valence-corrected chi connectivity index (χ2v) is 21.9. The van der Waals surface area contributed by atoms with Crippen LogP contribution in [0, 0.1) is 0 Å². The molecule has 0 fully saturated rings. The van der Waals surface area contributed by atoms with E-state index in [-0.39, 0.29) is 32.5 Å². The van der Waals surface area contributed by atoms with Crippen LogP contribution in [0.5, 0.6) is 0 Å². The summed E-state index contributed by atoms with van der Waals surface area (Å²) in [5.74, 6) is 0. The SMILES string of the molecule is CCN(c1cc(N(c2ccc3c(c2)C(C)(C)CCC3(C)C)c2ccc3c(c2)C(C)(C)CCC3(C)C)cc(C(C)(C)C)c1)c1cccc2c1-c1ccccc1C2(C)C. The molecule has 2 nitrogen and oxygen atoms in total. The van der Waals surface area contributed by atoms with Gasteiger partial charge in [-0.1, -0.05) is 139 Å². The van der Waals surface area contributed by atoms with Gasteiger partial charge in [-0.25, -0.2) is 0 Å². The predicted octanol–water partition coefficient (Wildman–Crippen LogP) is 15.6. The van der Waals surface area contributed by atoms with Crippen LogP contribution in [0.3, 0.4) is 0 Å². The summed E-state index contributed by atoms with van der Waals surface area (Å²) in [7, 11) is 0. The summed E-state index contributed by atoms with van der Waals surface area (Å²) < 4.78 is 0. The van der Waals surface area contributed by atoms with Gasteiger partial charge in [0.25, 0.3) is 0 Å². The molecule has 8 rings (SSSR count).